The molecule has 1 aromatic carbocycles. The number of aryl methyl sites for hydroxylation is 1. The number of primary amides is 1. The first-order chi connectivity index (χ1) is 7.16. The third kappa shape index (κ3) is 3.05. The Hall–Kier alpha value is -1.38. The number of hydrogen-bond acceptors (Lipinski definition) is 1. The summed E-state index contributed by atoms with van der Waals surface area (Å²) < 4.78 is 13.6. The number of halogens is 1. The summed E-state index contributed by atoms with van der Waals surface area (Å²) in [4.78, 5) is 10.9. The lowest BCUT2D eigenvalue weighted by Crippen LogP contribution is -2.14. The predicted octanol–water partition coefficient (Wildman–Crippen LogP) is 2.66. The second-order valence-corrected chi connectivity index (χ2v) is 3.60. The summed E-state index contributed by atoms with van der Waals surface area (Å²) in [6.07, 6.45) is 3.77. The fourth-order valence-corrected chi connectivity index (χ4v) is 1.53. The van der Waals surface area contributed by atoms with Gasteiger partial charge in [-0.05, 0) is 24.5 Å². The lowest BCUT2D eigenvalue weighted by molar-refractivity contribution is 0.0996. The molecule has 0 aliphatic heterocycles. The third-order valence-corrected chi connectivity index (χ3v) is 2.39. The Kier molecular flexibility index (Phi) is 4.28. The molecule has 1 aromatic rings. The van der Waals surface area contributed by atoms with E-state index >= 15 is 0 Å². The molecule has 0 bridgehead atoms. The van der Waals surface area contributed by atoms with Gasteiger partial charge in [0, 0.05) is 0 Å². The maximum Gasteiger partial charge on any atom is 0.251 e. The Morgan fingerprint density at radius 1 is 1.40 bits per heavy atom. The van der Waals surface area contributed by atoms with E-state index in [1.165, 1.54) is 6.07 Å². The molecule has 0 aliphatic carbocycles. The van der Waals surface area contributed by atoms with Gasteiger partial charge in [0.2, 0.25) is 0 Å². The summed E-state index contributed by atoms with van der Waals surface area (Å²) in [6.45, 7) is 2.09. The predicted molar refractivity (Wildman–Crippen MR) is 58.1 cm³/mol. The minimum Gasteiger partial charge on any atom is -0.366 e. The zero-order valence-electron chi connectivity index (χ0n) is 8.92. The van der Waals surface area contributed by atoms with Crippen LogP contribution in [0.2, 0.25) is 0 Å². The van der Waals surface area contributed by atoms with Crippen LogP contribution in [0.25, 0.3) is 0 Å². The van der Waals surface area contributed by atoms with E-state index in [0.29, 0.717) is 12.0 Å². The number of rotatable bonds is 5. The number of carbonyl (C=O) groups excluding carboxylic acids is 1. The van der Waals surface area contributed by atoms with Gasteiger partial charge >= 0.3 is 0 Å². The molecule has 2 nitrogen and oxygen atoms in total. The van der Waals surface area contributed by atoms with Crippen LogP contribution in [0.3, 0.4) is 0 Å². The molecule has 0 aromatic heterocycles. The first-order valence-corrected chi connectivity index (χ1v) is 5.24. The van der Waals surface area contributed by atoms with Crippen LogP contribution < -0.4 is 5.73 Å². The van der Waals surface area contributed by atoms with Gasteiger partial charge in [-0.1, -0.05) is 31.9 Å². The highest BCUT2D eigenvalue weighted by atomic mass is 19.1. The summed E-state index contributed by atoms with van der Waals surface area (Å²) >= 11 is 0. The third-order valence-electron chi connectivity index (χ3n) is 2.39. The van der Waals surface area contributed by atoms with E-state index in [9.17, 15) is 9.18 Å². The Morgan fingerprint density at radius 3 is 2.73 bits per heavy atom. The van der Waals surface area contributed by atoms with Crippen molar-refractivity contribution < 1.29 is 9.18 Å². The molecule has 1 amide bonds. The second kappa shape index (κ2) is 5.49. The average Bonchev–Trinajstić information content (AvgIpc) is 2.20. The number of unbranched alkanes of at least 4 members (excludes halogenated alkanes) is 2. The number of benzene rings is 1. The fraction of sp³-hybridized carbons (Fsp3) is 0.417. The minimum absolute atomic E-state index is 0.0102. The minimum atomic E-state index is -0.704. The van der Waals surface area contributed by atoms with Crippen molar-refractivity contribution >= 4 is 5.91 Å². The highest BCUT2D eigenvalue weighted by molar-refractivity contribution is 5.93. The van der Waals surface area contributed by atoms with Crippen molar-refractivity contribution in [1.82, 2.24) is 0 Å². The number of carbonyl (C=O) groups is 1. The van der Waals surface area contributed by atoms with E-state index in [1.54, 1.807) is 12.1 Å². The number of hydrogen-bond donors (Lipinski definition) is 1. The lowest BCUT2D eigenvalue weighted by atomic mass is 10.0. The van der Waals surface area contributed by atoms with Crippen molar-refractivity contribution in [3.63, 3.8) is 0 Å². The van der Waals surface area contributed by atoms with Crippen LogP contribution in [0.1, 0.15) is 42.1 Å². The fourth-order valence-electron chi connectivity index (χ4n) is 1.53. The van der Waals surface area contributed by atoms with Crippen molar-refractivity contribution in [2.45, 2.75) is 32.6 Å². The quantitative estimate of drug-likeness (QED) is 0.744. The number of nitrogens with two attached hydrogens (primary N) is 1. The molecule has 1 rings (SSSR count). The van der Waals surface area contributed by atoms with Crippen molar-refractivity contribution in [2.24, 2.45) is 5.73 Å². The van der Waals surface area contributed by atoms with Gasteiger partial charge in [0.05, 0.1) is 5.56 Å². The molecule has 15 heavy (non-hydrogen) atoms. The van der Waals surface area contributed by atoms with Crippen LogP contribution in [-0.4, -0.2) is 5.91 Å². The van der Waals surface area contributed by atoms with Crippen molar-refractivity contribution in [1.29, 1.82) is 0 Å². The molecule has 0 heterocycles. The molecule has 0 saturated heterocycles. The summed E-state index contributed by atoms with van der Waals surface area (Å²) in [7, 11) is 0. The van der Waals surface area contributed by atoms with Gasteiger partial charge < -0.3 is 5.73 Å². The van der Waals surface area contributed by atoms with E-state index < -0.39 is 11.7 Å². The second-order valence-electron chi connectivity index (χ2n) is 3.60. The van der Waals surface area contributed by atoms with Gasteiger partial charge in [0.1, 0.15) is 5.82 Å². The molecule has 0 radical (unpaired) electrons. The molecular formula is C12H16FNO. The smallest absolute Gasteiger partial charge is 0.251 e. The molecule has 0 fully saturated rings. The maximum atomic E-state index is 13.6. The van der Waals surface area contributed by atoms with Crippen LogP contribution in [0.4, 0.5) is 4.39 Å². The summed E-state index contributed by atoms with van der Waals surface area (Å²) in [5, 5.41) is 0. The van der Waals surface area contributed by atoms with Crippen LogP contribution in [-0.2, 0) is 6.42 Å². The van der Waals surface area contributed by atoms with Crippen LogP contribution >= 0.6 is 0 Å². The van der Waals surface area contributed by atoms with E-state index in [2.05, 4.69) is 6.92 Å². The Morgan fingerprint density at radius 2 is 2.13 bits per heavy atom. The van der Waals surface area contributed by atoms with Crippen LogP contribution in [0.15, 0.2) is 18.2 Å². The Labute approximate surface area is 89.3 Å². The monoisotopic (exact) mass is 209 g/mol. The van der Waals surface area contributed by atoms with Gasteiger partial charge in [-0.15, -0.1) is 0 Å². The van der Waals surface area contributed by atoms with E-state index in [0.717, 1.165) is 19.3 Å². The zero-order chi connectivity index (χ0) is 11.3. The average molecular weight is 209 g/mol. The van der Waals surface area contributed by atoms with Crippen molar-refractivity contribution in [3.05, 3.63) is 35.1 Å². The molecule has 0 unspecified atom stereocenters. The highest BCUT2D eigenvalue weighted by Gasteiger charge is 2.11. The van der Waals surface area contributed by atoms with E-state index in [-0.39, 0.29) is 5.56 Å². The Bertz CT molecular complexity index is 349. The highest BCUT2D eigenvalue weighted by Crippen LogP contribution is 2.15. The largest absolute Gasteiger partial charge is 0.366 e. The molecule has 3 heteroatoms. The molecule has 0 atom stereocenters. The van der Waals surface area contributed by atoms with E-state index in [4.69, 9.17) is 5.73 Å². The van der Waals surface area contributed by atoms with Crippen molar-refractivity contribution in [2.75, 3.05) is 0 Å². The van der Waals surface area contributed by atoms with Crippen LogP contribution in [0.5, 0.6) is 0 Å². The lowest BCUT2D eigenvalue weighted by Gasteiger charge is -2.05. The molecule has 2 N–H and O–H groups in total. The standard InChI is InChI=1S/C12H16FNO/c1-2-3-4-6-9-7-5-8-10(11(9)13)12(14)15/h5,7-8H,2-4,6H2,1H3,(H2,14,15). The van der Waals surface area contributed by atoms with E-state index in [1.807, 2.05) is 0 Å². The van der Waals surface area contributed by atoms with Crippen molar-refractivity contribution in [3.8, 4) is 0 Å². The van der Waals surface area contributed by atoms with Gasteiger partial charge in [-0.25, -0.2) is 4.39 Å². The molecular weight excluding hydrogens is 193 g/mol. The topological polar surface area (TPSA) is 43.1 Å². The Balaban J connectivity index is 2.80. The SMILES string of the molecule is CCCCCc1cccc(C(N)=O)c1F. The maximum absolute atomic E-state index is 13.6. The molecule has 0 aliphatic rings. The first kappa shape index (κ1) is 11.7. The normalized spacial score (nSPS) is 10.3. The van der Waals surface area contributed by atoms with Gasteiger partial charge in [0.25, 0.3) is 5.91 Å². The molecule has 0 saturated carbocycles. The number of amides is 1. The summed E-state index contributed by atoms with van der Waals surface area (Å²) in [5.41, 5.74) is 5.63. The van der Waals surface area contributed by atoms with Gasteiger partial charge in [-0.2, -0.15) is 0 Å². The van der Waals surface area contributed by atoms with Crippen LogP contribution in [0, 0.1) is 5.82 Å². The molecule has 82 valence electrons. The van der Waals surface area contributed by atoms with Gasteiger partial charge in [0.15, 0.2) is 0 Å². The molecule has 0 spiro atoms. The zero-order valence-corrected chi connectivity index (χ0v) is 8.92. The summed E-state index contributed by atoms with van der Waals surface area (Å²) in [5.74, 6) is -1.16. The van der Waals surface area contributed by atoms with Gasteiger partial charge in [-0.3, -0.25) is 4.79 Å². The first-order valence-electron chi connectivity index (χ1n) is 5.24. The summed E-state index contributed by atoms with van der Waals surface area (Å²) in [6, 6.07) is 4.79.